The minimum Gasteiger partial charge on any atom is -0.339 e. The van der Waals surface area contributed by atoms with E-state index in [1.165, 1.54) is 226 Å². The molecule has 8 rings (SSSR count). The van der Waals surface area contributed by atoms with Crippen molar-refractivity contribution in [3.05, 3.63) is 92.6 Å². The van der Waals surface area contributed by atoms with E-state index in [9.17, 15) is 0 Å². The molecule has 0 aliphatic rings. The van der Waals surface area contributed by atoms with Crippen molar-refractivity contribution in [1.29, 1.82) is 0 Å². The minimum absolute atomic E-state index is 0.711. The summed E-state index contributed by atoms with van der Waals surface area (Å²) in [4.78, 5) is 8.24. The summed E-state index contributed by atoms with van der Waals surface area (Å²) in [7, 11) is 0. The van der Waals surface area contributed by atoms with Crippen LogP contribution in [-0.4, -0.2) is 9.13 Å². The van der Waals surface area contributed by atoms with Gasteiger partial charge in [0.05, 0.1) is 32.1 Å². The van der Waals surface area contributed by atoms with Gasteiger partial charge in [0.1, 0.15) is 0 Å². The van der Waals surface area contributed by atoms with E-state index in [2.05, 4.69) is 122 Å². The van der Waals surface area contributed by atoms with Gasteiger partial charge in [-0.15, -0.1) is 45.3 Å². The average Bonchev–Trinajstić information content (AvgIpc) is 4.29. The van der Waals surface area contributed by atoms with Crippen LogP contribution in [0.25, 0.3) is 73.2 Å². The van der Waals surface area contributed by atoms with Crippen LogP contribution in [0.15, 0.2) is 71.4 Å². The molecule has 0 radical (unpaired) electrons. The molecule has 0 aliphatic heterocycles. The van der Waals surface area contributed by atoms with E-state index >= 15 is 0 Å². The maximum atomic E-state index is 7.72. The van der Waals surface area contributed by atoms with E-state index in [1.807, 2.05) is 45.3 Å². The second-order valence-corrected chi connectivity index (χ2v) is 26.6. The van der Waals surface area contributed by atoms with Crippen molar-refractivity contribution >= 4 is 101 Å². The number of rotatable bonds is 34. The molecule has 6 heterocycles. The predicted octanol–water partition coefficient (Wildman–Crippen LogP) is 24.8. The van der Waals surface area contributed by atoms with Crippen molar-refractivity contribution in [2.75, 3.05) is 0 Å². The quantitative estimate of drug-likeness (QED) is 0.0356. The molecule has 8 aromatic rings. The number of hydrogen-bond donors (Lipinski definition) is 0. The first-order valence-electron chi connectivity index (χ1n) is 29.6. The van der Waals surface area contributed by atoms with Crippen molar-refractivity contribution in [2.45, 2.75) is 222 Å². The molecule has 0 spiro atoms. The third-order valence-corrected chi connectivity index (χ3v) is 21.2. The highest BCUT2D eigenvalue weighted by Crippen LogP contribution is 2.49. The number of fused-ring (bicyclic) bond motifs is 5. The molecular weight excluding hydrogens is 1020 g/mol. The standard InChI is InChI=1S/C66H88Cl2N2S4/c1-7-13-19-23-31-47(29-17-11-5)39-49-41-61(73-65(49)59-33-27-37-71-59)51-45-57-53(43-55(51)67)63-64(69(57)35-25-21-15-9-3)54-44-56(68)52(46-58(54)70(63)36-26-22-16-10-4)62-42-50(66(74-62)60-34-28-38-72-60)40-48(30-18-12-6)32-24-20-14-8-2/h27-28,33-34,37-38,41-48H,7-26,29-32,35-36,39-40H2,1-6H3. The molecule has 74 heavy (non-hydrogen) atoms. The second-order valence-electron chi connectivity index (χ2n) is 21.8. The maximum Gasteiger partial charge on any atom is 0.0754 e. The van der Waals surface area contributed by atoms with Crippen molar-refractivity contribution in [3.63, 3.8) is 0 Å². The highest BCUT2D eigenvalue weighted by Gasteiger charge is 2.26. The monoisotopic (exact) mass is 1110 g/mol. The highest BCUT2D eigenvalue weighted by atomic mass is 35.5. The number of nitrogens with zero attached hydrogens (tertiary/aromatic N) is 2. The van der Waals surface area contributed by atoms with Crippen molar-refractivity contribution in [2.24, 2.45) is 11.8 Å². The molecule has 6 aromatic heterocycles. The van der Waals surface area contributed by atoms with E-state index in [-0.39, 0.29) is 0 Å². The molecule has 2 unspecified atom stereocenters. The minimum atomic E-state index is 0.711. The summed E-state index contributed by atoms with van der Waals surface area (Å²) in [5.41, 5.74) is 10.6. The Labute approximate surface area is 473 Å². The molecule has 2 aromatic carbocycles. The lowest BCUT2D eigenvalue weighted by molar-refractivity contribution is 0.411. The fraction of sp³-hybridized carbons (Fsp3) is 0.545. The normalized spacial score (nSPS) is 12.9. The summed E-state index contributed by atoms with van der Waals surface area (Å²) in [6.07, 6.45) is 33.0. The largest absolute Gasteiger partial charge is 0.339 e. The zero-order valence-electron chi connectivity index (χ0n) is 46.2. The number of benzene rings is 2. The maximum absolute atomic E-state index is 7.72. The van der Waals surface area contributed by atoms with Gasteiger partial charge in [0.2, 0.25) is 0 Å². The molecule has 0 N–H and O–H groups in total. The first-order valence-corrected chi connectivity index (χ1v) is 33.8. The SMILES string of the molecule is CCCCCCC(CCCC)Cc1cc(-c2cc3c(cc2Cl)c2c(c4cc(Cl)c(-c5cc(CC(CCCC)CCCCCC)c(-c6cccs6)s5)cc4n2CCCCCC)n3CCCCCC)sc1-c1cccs1. The molecule has 0 fully saturated rings. The van der Waals surface area contributed by atoms with Crippen molar-refractivity contribution < 1.29 is 0 Å². The lowest BCUT2D eigenvalue weighted by Crippen LogP contribution is -2.05. The van der Waals surface area contributed by atoms with Crippen molar-refractivity contribution in [1.82, 2.24) is 9.13 Å². The van der Waals surface area contributed by atoms with Crippen LogP contribution >= 0.6 is 68.5 Å². The van der Waals surface area contributed by atoms with Crippen LogP contribution < -0.4 is 0 Å². The van der Waals surface area contributed by atoms with Gasteiger partial charge in [-0.2, -0.15) is 0 Å². The van der Waals surface area contributed by atoms with Gasteiger partial charge in [0, 0.05) is 64.3 Å². The van der Waals surface area contributed by atoms with Crippen LogP contribution in [0.4, 0.5) is 0 Å². The van der Waals surface area contributed by atoms with Gasteiger partial charge in [-0.1, -0.05) is 218 Å². The van der Waals surface area contributed by atoms with E-state index in [0.717, 1.165) is 48.8 Å². The summed E-state index contributed by atoms with van der Waals surface area (Å²) in [5.74, 6) is 1.42. The topological polar surface area (TPSA) is 9.86 Å². The van der Waals surface area contributed by atoms with E-state index in [1.54, 1.807) is 0 Å². The van der Waals surface area contributed by atoms with Gasteiger partial charge in [0.15, 0.2) is 0 Å². The number of aryl methyl sites for hydroxylation is 2. The third kappa shape index (κ3) is 14.1. The Morgan fingerprint density at radius 2 is 0.797 bits per heavy atom. The summed E-state index contributed by atoms with van der Waals surface area (Å²) in [5, 5.41) is 8.73. The average molecular weight is 1110 g/mol. The van der Waals surface area contributed by atoms with Gasteiger partial charge in [-0.25, -0.2) is 0 Å². The number of thiophene rings is 4. The molecular formula is C66H88Cl2N2S4. The van der Waals surface area contributed by atoms with Gasteiger partial charge >= 0.3 is 0 Å². The Morgan fingerprint density at radius 3 is 1.16 bits per heavy atom. The third-order valence-electron chi connectivity index (χ3n) is 16.0. The van der Waals surface area contributed by atoms with Crippen LogP contribution in [0.1, 0.15) is 207 Å². The first kappa shape index (κ1) is 57.3. The molecule has 400 valence electrons. The van der Waals surface area contributed by atoms with E-state index in [4.69, 9.17) is 23.2 Å². The van der Waals surface area contributed by atoms with Gasteiger partial charge in [-0.3, -0.25) is 0 Å². The molecule has 0 saturated heterocycles. The zero-order valence-corrected chi connectivity index (χ0v) is 50.9. The number of halogens is 2. The Hall–Kier alpha value is -2.84. The summed E-state index contributed by atoms with van der Waals surface area (Å²) in [6, 6.07) is 23.8. The summed E-state index contributed by atoms with van der Waals surface area (Å²) in [6.45, 7) is 15.9. The molecule has 0 amide bonds. The van der Waals surface area contributed by atoms with Gasteiger partial charge in [0.25, 0.3) is 0 Å². The second kappa shape index (κ2) is 29.2. The Morgan fingerprint density at radius 1 is 0.419 bits per heavy atom. The highest BCUT2D eigenvalue weighted by molar-refractivity contribution is 7.24. The molecule has 2 atom stereocenters. The van der Waals surface area contributed by atoms with Crippen LogP contribution in [0, 0.1) is 11.8 Å². The van der Waals surface area contributed by atoms with Gasteiger partial charge < -0.3 is 9.13 Å². The van der Waals surface area contributed by atoms with Crippen LogP contribution in [-0.2, 0) is 25.9 Å². The van der Waals surface area contributed by atoms with Gasteiger partial charge in [-0.05, 0) is 108 Å². The van der Waals surface area contributed by atoms with Crippen LogP contribution in [0.5, 0.6) is 0 Å². The first-order chi connectivity index (χ1) is 36.3. The Kier molecular flexibility index (Phi) is 22.6. The number of unbranched alkanes of at least 4 members (excludes halogenated alkanes) is 14. The molecule has 0 bridgehead atoms. The Balaban J connectivity index is 1.26. The lowest BCUT2D eigenvalue weighted by atomic mass is 9.89. The fourth-order valence-electron chi connectivity index (χ4n) is 11.9. The zero-order chi connectivity index (χ0) is 51.8. The van der Waals surface area contributed by atoms with E-state index in [0.29, 0.717) is 11.8 Å². The molecule has 8 heteroatoms. The number of hydrogen-bond acceptors (Lipinski definition) is 4. The molecule has 0 aliphatic carbocycles. The van der Waals surface area contributed by atoms with Crippen LogP contribution in [0.2, 0.25) is 10.0 Å². The Bertz CT molecular complexity index is 2730. The molecule has 2 nitrogen and oxygen atoms in total. The molecule has 0 saturated carbocycles. The number of aromatic nitrogens is 2. The summed E-state index contributed by atoms with van der Waals surface area (Å²) < 4.78 is 5.36. The smallest absolute Gasteiger partial charge is 0.0754 e. The summed E-state index contributed by atoms with van der Waals surface area (Å²) >= 11 is 23.1. The van der Waals surface area contributed by atoms with E-state index < -0.39 is 0 Å². The van der Waals surface area contributed by atoms with Crippen molar-refractivity contribution in [3.8, 4) is 40.4 Å². The lowest BCUT2D eigenvalue weighted by Gasteiger charge is -2.17. The van der Waals surface area contributed by atoms with Crippen LogP contribution in [0.3, 0.4) is 0 Å². The fourth-order valence-corrected chi connectivity index (χ4v) is 16.8. The predicted molar refractivity (Wildman–Crippen MR) is 337 cm³/mol.